The van der Waals surface area contributed by atoms with Crippen LogP contribution in [0.5, 0.6) is 5.75 Å². The fraction of sp³-hybridized carbons (Fsp3) is 0.222. The predicted octanol–water partition coefficient (Wildman–Crippen LogP) is 2.73. The summed E-state index contributed by atoms with van der Waals surface area (Å²) in [6, 6.07) is 16.3. The molecule has 2 aromatic carbocycles. The second-order valence-electron chi connectivity index (χ2n) is 5.31. The average Bonchev–Trinajstić information content (AvgIpc) is 2.55. The summed E-state index contributed by atoms with van der Waals surface area (Å²) >= 11 is 0. The number of carbonyl (C=O) groups excluding carboxylic acids is 2. The van der Waals surface area contributed by atoms with Crippen molar-refractivity contribution in [3.8, 4) is 5.75 Å². The average molecular weight is 312 g/mol. The van der Waals surface area contributed by atoms with Crippen LogP contribution < -0.4 is 15.4 Å². The van der Waals surface area contributed by atoms with Gasteiger partial charge in [0.2, 0.25) is 0 Å². The Morgan fingerprint density at radius 3 is 2.22 bits per heavy atom. The van der Waals surface area contributed by atoms with Gasteiger partial charge in [-0.3, -0.25) is 9.59 Å². The molecule has 0 aliphatic rings. The number of carbonyl (C=O) groups is 2. The van der Waals surface area contributed by atoms with Crippen LogP contribution in [0.4, 0.5) is 5.69 Å². The molecule has 0 fully saturated rings. The molecule has 5 nitrogen and oxygen atoms in total. The Morgan fingerprint density at radius 1 is 0.957 bits per heavy atom. The minimum absolute atomic E-state index is 0.0826. The zero-order valence-corrected chi connectivity index (χ0v) is 13.2. The summed E-state index contributed by atoms with van der Waals surface area (Å²) in [4.78, 5) is 23.6. The van der Waals surface area contributed by atoms with E-state index in [1.54, 1.807) is 24.3 Å². The maximum absolute atomic E-state index is 11.8. The topological polar surface area (TPSA) is 67.4 Å². The molecule has 120 valence electrons. The Labute approximate surface area is 135 Å². The van der Waals surface area contributed by atoms with E-state index in [1.165, 1.54) is 0 Å². The van der Waals surface area contributed by atoms with Gasteiger partial charge in [-0.1, -0.05) is 30.3 Å². The van der Waals surface area contributed by atoms with E-state index in [0.717, 1.165) is 5.56 Å². The molecule has 0 spiro atoms. The molecule has 2 aromatic rings. The molecule has 0 radical (unpaired) electrons. The van der Waals surface area contributed by atoms with Crippen molar-refractivity contribution in [2.75, 3.05) is 5.32 Å². The van der Waals surface area contributed by atoms with Gasteiger partial charge >= 0.3 is 11.8 Å². The normalized spacial score (nSPS) is 10.2. The number of hydrogen-bond acceptors (Lipinski definition) is 3. The molecule has 0 bridgehead atoms. The number of amides is 2. The fourth-order valence-corrected chi connectivity index (χ4v) is 1.94. The van der Waals surface area contributed by atoms with E-state index in [1.807, 2.05) is 44.2 Å². The second-order valence-corrected chi connectivity index (χ2v) is 5.31. The molecule has 0 heterocycles. The molecule has 0 unspecified atom stereocenters. The quantitative estimate of drug-likeness (QED) is 0.834. The Bertz CT molecular complexity index is 652. The highest BCUT2D eigenvalue weighted by Crippen LogP contribution is 2.16. The third-order valence-electron chi connectivity index (χ3n) is 2.99. The lowest BCUT2D eigenvalue weighted by atomic mass is 10.2. The van der Waals surface area contributed by atoms with Crippen molar-refractivity contribution in [3.05, 3.63) is 60.2 Å². The molecule has 5 heteroatoms. The lowest BCUT2D eigenvalue weighted by Gasteiger charge is -2.10. The molecular formula is C18H20N2O3. The monoisotopic (exact) mass is 312 g/mol. The Kier molecular flexibility index (Phi) is 5.74. The van der Waals surface area contributed by atoms with Gasteiger partial charge in [0.1, 0.15) is 5.75 Å². The maximum atomic E-state index is 11.8. The number of ether oxygens (including phenoxy) is 1. The predicted molar refractivity (Wildman–Crippen MR) is 89.1 cm³/mol. The van der Waals surface area contributed by atoms with Crippen LogP contribution in [-0.2, 0) is 16.1 Å². The van der Waals surface area contributed by atoms with Crippen LogP contribution in [0.3, 0.4) is 0 Å². The minimum Gasteiger partial charge on any atom is -0.491 e. The second kappa shape index (κ2) is 7.98. The molecule has 0 saturated carbocycles. The van der Waals surface area contributed by atoms with Crippen molar-refractivity contribution in [1.29, 1.82) is 0 Å². The molecule has 2 N–H and O–H groups in total. The number of benzene rings is 2. The van der Waals surface area contributed by atoms with Crippen molar-refractivity contribution in [2.24, 2.45) is 0 Å². The van der Waals surface area contributed by atoms with Gasteiger partial charge in [0.15, 0.2) is 0 Å². The van der Waals surface area contributed by atoms with Crippen molar-refractivity contribution >= 4 is 17.5 Å². The van der Waals surface area contributed by atoms with Crippen LogP contribution in [0.2, 0.25) is 0 Å². The largest absolute Gasteiger partial charge is 0.491 e. The standard InChI is InChI=1S/C18H20N2O3/c1-13(2)23-16-10-8-15(9-11-16)20-18(22)17(21)19-12-14-6-4-3-5-7-14/h3-11,13H,12H2,1-2H3,(H,19,21)(H,20,22). The van der Waals surface area contributed by atoms with Crippen molar-refractivity contribution < 1.29 is 14.3 Å². The molecule has 23 heavy (non-hydrogen) atoms. The molecule has 0 aliphatic heterocycles. The summed E-state index contributed by atoms with van der Waals surface area (Å²) in [5, 5.41) is 5.13. The van der Waals surface area contributed by atoms with Crippen LogP contribution in [-0.4, -0.2) is 17.9 Å². The lowest BCUT2D eigenvalue weighted by molar-refractivity contribution is -0.136. The van der Waals surface area contributed by atoms with Crippen molar-refractivity contribution in [1.82, 2.24) is 5.32 Å². The Balaban J connectivity index is 1.84. The fourth-order valence-electron chi connectivity index (χ4n) is 1.94. The SMILES string of the molecule is CC(C)Oc1ccc(NC(=O)C(=O)NCc2ccccc2)cc1. The molecule has 0 aromatic heterocycles. The van der Waals surface area contributed by atoms with E-state index in [4.69, 9.17) is 4.74 Å². The molecule has 0 saturated heterocycles. The smallest absolute Gasteiger partial charge is 0.313 e. The highest BCUT2D eigenvalue weighted by molar-refractivity contribution is 6.39. The summed E-state index contributed by atoms with van der Waals surface area (Å²) in [6.07, 6.45) is 0.0826. The van der Waals surface area contributed by atoms with Crippen LogP contribution in [0.15, 0.2) is 54.6 Å². The third-order valence-corrected chi connectivity index (χ3v) is 2.99. The minimum atomic E-state index is -0.696. The molecule has 2 rings (SSSR count). The first-order chi connectivity index (χ1) is 11.0. The van der Waals surface area contributed by atoms with Gasteiger partial charge in [0.25, 0.3) is 0 Å². The number of hydrogen-bond donors (Lipinski definition) is 2. The van der Waals surface area contributed by atoms with Crippen LogP contribution in [0.25, 0.3) is 0 Å². The van der Waals surface area contributed by atoms with Crippen molar-refractivity contribution in [2.45, 2.75) is 26.5 Å². The molecule has 0 atom stereocenters. The van der Waals surface area contributed by atoms with Crippen LogP contribution in [0, 0.1) is 0 Å². The van der Waals surface area contributed by atoms with Gasteiger partial charge in [0, 0.05) is 12.2 Å². The number of rotatable bonds is 5. The lowest BCUT2D eigenvalue weighted by Crippen LogP contribution is -2.34. The Morgan fingerprint density at radius 2 is 1.61 bits per heavy atom. The zero-order valence-electron chi connectivity index (χ0n) is 13.2. The Hall–Kier alpha value is -2.82. The van der Waals surface area contributed by atoms with Crippen LogP contribution in [0.1, 0.15) is 19.4 Å². The first-order valence-corrected chi connectivity index (χ1v) is 7.44. The van der Waals surface area contributed by atoms with Crippen LogP contribution >= 0.6 is 0 Å². The van der Waals surface area contributed by atoms with Crippen molar-refractivity contribution in [3.63, 3.8) is 0 Å². The number of anilines is 1. The van der Waals surface area contributed by atoms with E-state index >= 15 is 0 Å². The summed E-state index contributed by atoms with van der Waals surface area (Å²) in [6.45, 7) is 4.19. The van der Waals surface area contributed by atoms with E-state index in [9.17, 15) is 9.59 Å². The highest BCUT2D eigenvalue weighted by Gasteiger charge is 2.13. The van der Waals surface area contributed by atoms with E-state index < -0.39 is 11.8 Å². The molecule has 2 amide bonds. The summed E-state index contributed by atoms with van der Waals surface area (Å²) in [7, 11) is 0. The zero-order chi connectivity index (χ0) is 16.7. The molecular weight excluding hydrogens is 292 g/mol. The summed E-state index contributed by atoms with van der Waals surface area (Å²) in [5.41, 5.74) is 1.48. The maximum Gasteiger partial charge on any atom is 0.313 e. The van der Waals surface area contributed by atoms with E-state index in [0.29, 0.717) is 18.0 Å². The number of nitrogens with one attached hydrogen (secondary N) is 2. The van der Waals surface area contributed by atoms with E-state index in [2.05, 4.69) is 10.6 Å². The van der Waals surface area contributed by atoms with E-state index in [-0.39, 0.29) is 6.10 Å². The van der Waals surface area contributed by atoms with Gasteiger partial charge in [-0.15, -0.1) is 0 Å². The van der Waals surface area contributed by atoms with Gasteiger partial charge in [-0.25, -0.2) is 0 Å². The highest BCUT2D eigenvalue weighted by atomic mass is 16.5. The van der Waals surface area contributed by atoms with Gasteiger partial charge in [0.05, 0.1) is 6.10 Å². The summed E-state index contributed by atoms with van der Waals surface area (Å²) in [5.74, 6) is -0.652. The summed E-state index contributed by atoms with van der Waals surface area (Å²) < 4.78 is 5.52. The molecule has 0 aliphatic carbocycles. The van der Waals surface area contributed by atoms with Gasteiger partial charge in [-0.05, 0) is 43.7 Å². The van der Waals surface area contributed by atoms with Gasteiger partial charge < -0.3 is 15.4 Å². The first kappa shape index (κ1) is 16.5. The first-order valence-electron chi connectivity index (χ1n) is 7.44. The van der Waals surface area contributed by atoms with Gasteiger partial charge in [-0.2, -0.15) is 0 Å². The third kappa shape index (κ3) is 5.47.